The smallest absolute Gasteiger partial charge is 0.184 e. The zero-order valence-corrected chi connectivity index (χ0v) is 10.6. The van der Waals surface area contributed by atoms with Crippen LogP contribution in [0.3, 0.4) is 0 Å². The van der Waals surface area contributed by atoms with Gasteiger partial charge in [0.1, 0.15) is 0 Å². The van der Waals surface area contributed by atoms with E-state index in [1.807, 2.05) is 30.3 Å². The van der Waals surface area contributed by atoms with Crippen LogP contribution in [0.4, 0.5) is 0 Å². The second kappa shape index (κ2) is 5.19. The Labute approximate surface area is 111 Å². The number of ether oxygens (including phenoxy) is 2. The minimum Gasteiger partial charge on any atom is -0.391 e. The molecule has 0 spiro atoms. The van der Waals surface area contributed by atoms with Crippen LogP contribution in [0.5, 0.6) is 0 Å². The lowest BCUT2D eigenvalue weighted by molar-refractivity contribution is -0.279. The topological polar surface area (TPSA) is 84.9 Å². The van der Waals surface area contributed by atoms with Gasteiger partial charge in [0.25, 0.3) is 0 Å². The molecular weight excluding hydrogens is 246 g/mol. The molecule has 1 saturated heterocycles. The molecule has 2 aliphatic rings. The van der Waals surface area contributed by atoms with Crippen molar-refractivity contribution in [2.45, 2.75) is 37.1 Å². The molecule has 5 heteroatoms. The lowest BCUT2D eigenvalue weighted by Gasteiger charge is -2.45. The van der Waals surface area contributed by atoms with Crippen molar-refractivity contribution in [2.75, 3.05) is 6.61 Å². The Morgan fingerprint density at radius 1 is 1.16 bits per heavy atom. The molecule has 1 aliphatic carbocycles. The van der Waals surface area contributed by atoms with Gasteiger partial charge in [-0.3, -0.25) is 0 Å². The Hall–Kier alpha value is -0.980. The Morgan fingerprint density at radius 2 is 1.89 bits per heavy atom. The second-order valence-electron chi connectivity index (χ2n) is 5.31. The van der Waals surface area contributed by atoms with Gasteiger partial charge < -0.3 is 25.4 Å². The highest BCUT2D eigenvalue weighted by Crippen LogP contribution is 2.36. The lowest BCUT2D eigenvalue weighted by Crippen LogP contribution is -2.60. The van der Waals surface area contributed by atoms with E-state index in [9.17, 15) is 10.2 Å². The largest absolute Gasteiger partial charge is 0.391 e. The second-order valence-corrected chi connectivity index (χ2v) is 5.31. The zero-order chi connectivity index (χ0) is 13.4. The third-order valence-electron chi connectivity index (χ3n) is 4.00. The highest BCUT2D eigenvalue weighted by molar-refractivity contribution is 5.16. The van der Waals surface area contributed by atoms with Gasteiger partial charge in [-0.05, 0) is 6.42 Å². The first kappa shape index (κ1) is 13.0. The molecule has 19 heavy (non-hydrogen) atoms. The minimum absolute atomic E-state index is 0.00948. The Morgan fingerprint density at radius 3 is 2.63 bits per heavy atom. The quantitative estimate of drug-likeness (QED) is 0.674. The van der Waals surface area contributed by atoms with Crippen molar-refractivity contribution in [1.82, 2.24) is 0 Å². The summed E-state index contributed by atoms with van der Waals surface area (Å²) in [5.74, 6) is -0.00948. The standard InChI is InChI=1S/C14H19NO4/c15-11-10(16)6-9-7-18-14(19-13(9)12(11)17)8-4-2-1-3-5-8/h1-5,9-14,16-17H,6-7,15H2/t9-,10-,11+,12-,13-,14-/m1/s1. The molecule has 3 rings (SSSR count). The maximum absolute atomic E-state index is 10.1. The van der Waals surface area contributed by atoms with Crippen LogP contribution in [0, 0.1) is 5.92 Å². The molecule has 1 aromatic rings. The van der Waals surface area contributed by atoms with Crippen molar-refractivity contribution in [3.05, 3.63) is 35.9 Å². The fraction of sp³-hybridized carbons (Fsp3) is 0.571. The lowest BCUT2D eigenvalue weighted by atomic mass is 9.79. The fourth-order valence-corrected chi connectivity index (χ4v) is 2.86. The van der Waals surface area contributed by atoms with Crippen molar-refractivity contribution in [2.24, 2.45) is 11.7 Å². The average molecular weight is 265 g/mol. The zero-order valence-electron chi connectivity index (χ0n) is 10.6. The van der Waals surface area contributed by atoms with Crippen molar-refractivity contribution in [1.29, 1.82) is 0 Å². The van der Waals surface area contributed by atoms with Gasteiger partial charge >= 0.3 is 0 Å². The average Bonchev–Trinajstić information content (AvgIpc) is 2.46. The van der Waals surface area contributed by atoms with Gasteiger partial charge in [-0.25, -0.2) is 0 Å². The summed E-state index contributed by atoms with van der Waals surface area (Å²) in [7, 11) is 0. The predicted octanol–water partition coefficient (Wildman–Crippen LogP) is 0.170. The number of rotatable bonds is 1. The molecular formula is C14H19NO4. The molecule has 0 bridgehead atoms. The molecule has 0 radical (unpaired) electrons. The highest BCUT2D eigenvalue weighted by Gasteiger charge is 2.46. The van der Waals surface area contributed by atoms with E-state index in [0.717, 1.165) is 5.56 Å². The number of fused-ring (bicyclic) bond motifs is 1. The van der Waals surface area contributed by atoms with Crippen LogP contribution in [0.15, 0.2) is 30.3 Å². The Bertz CT molecular complexity index is 425. The van der Waals surface area contributed by atoms with Gasteiger partial charge in [-0.2, -0.15) is 0 Å². The Balaban J connectivity index is 1.75. The summed E-state index contributed by atoms with van der Waals surface area (Å²) >= 11 is 0. The van der Waals surface area contributed by atoms with Gasteiger partial charge in [0.2, 0.25) is 0 Å². The number of aliphatic hydroxyl groups is 2. The molecule has 1 aromatic carbocycles. The molecule has 1 heterocycles. The molecule has 2 fully saturated rings. The van der Waals surface area contributed by atoms with E-state index in [0.29, 0.717) is 13.0 Å². The first-order valence-electron chi connectivity index (χ1n) is 6.60. The van der Waals surface area contributed by atoms with E-state index < -0.39 is 24.5 Å². The van der Waals surface area contributed by atoms with Gasteiger partial charge in [0.15, 0.2) is 6.29 Å². The summed E-state index contributed by atoms with van der Waals surface area (Å²) in [6.45, 7) is 0.463. The molecule has 0 unspecified atom stereocenters. The number of benzene rings is 1. The van der Waals surface area contributed by atoms with E-state index in [4.69, 9.17) is 15.2 Å². The number of aliphatic hydroxyl groups excluding tert-OH is 2. The van der Waals surface area contributed by atoms with Crippen LogP contribution in [-0.2, 0) is 9.47 Å². The van der Waals surface area contributed by atoms with E-state index >= 15 is 0 Å². The van der Waals surface area contributed by atoms with Crippen molar-refractivity contribution in [3.63, 3.8) is 0 Å². The fourth-order valence-electron chi connectivity index (χ4n) is 2.86. The van der Waals surface area contributed by atoms with Gasteiger partial charge in [-0.15, -0.1) is 0 Å². The molecule has 6 atom stereocenters. The summed E-state index contributed by atoms with van der Waals surface area (Å²) in [4.78, 5) is 0. The summed E-state index contributed by atoms with van der Waals surface area (Å²) in [6, 6.07) is 8.96. The van der Waals surface area contributed by atoms with Crippen LogP contribution in [0.1, 0.15) is 18.3 Å². The van der Waals surface area contributed by atoms with Crippen LogP contribution in [-0.4, -0.2) is 41.2 Å². The van der Waals surface area contributed by atoms with E-state index in [1.165, 1.54) is 0 Å². The molecule has 1 saturated carbocycles. The Kier molecular flexibility index (Phi) is 3.56. The van der Waals surface area contributed by atoms with Crippen LogP contribution >= 0.6 is 0 Å². The van der Waals surface area contributed by atoms with E-state index in [1.54, 1.807) is 0 Å². The van der Waals surface area contributed by atoms with Gasteiger partial charge in [0.05, 0.1) is 31.0 Å². The summed E-state index contributed by atoms with van der Waals surface area (Å²) in [5, 5.41) is 19.9. The molecule has 104 valence electrons. The number of hydrogen-bond donors (Lipinski definition) is 3. The molecule has 0 aromatic heterocycles. The monoisotopic (exact) mass is 265 g/mol. The maximum atomic E-state index is 10.1. The van der Waals surface area contributed by atoms with Gasteiger partial charge in [0, 0.05) is 11.5 Å². The summed E-state index contributed by atoms with van der Waals surface area (Å²) in [6.07, 6.45) is -1.90. The highest BCUT2D eigenvalue weighted by atomic mass is 16.7. The minimum atomic E-state index is -0.858. The third kappa shape index (κ3) is 2.40. The molecule has 5 nitrogen and oxygen atoms in total. The maximum Gasteiger partial charge on any atom is 0.184 e. The molecule has 4 N–H and O–H groups in total. The van der Waals surface area contributed by atoms with Gasteiger partial charge in [-0.1, -0.05) is 30.3 Å². The van der Waals surface area contributed by atoms with Crippen LogP contribution in [0.25, 0.3) is 0 Å². The number of hydrogen-bond acceptors (Lipinski definition) is 5. The molecule has 1 aliphatic heterocycles. The SMILES string of the molecule is N[C@@H]1[C@@H](O)[C@@H]2O[C@H](c3ccccc3)OC[C@H]2C[C@H]1O. The molecule has 0 amide bonds. The third-order valence-corrected chi connectivity index (χ3v) is 4.00. The summed E-state index contributed by atoms with van der Waals surface area (Å²) < 4.78 is 11.5. The van der Waals surface area contributed by atoms with E-state index in [2.05, 4.69) is 0 Å². The van der Waals surface area contributed by atoms with Crippen molar-refractivity contribution < 1.29 is 19.7 Å². The van der Waals surface area contributed by atoms with E-state index in [-0.39, 0.29) is 12.0 Å². The van der Waals surface area contributed by atoms with Crippen LogP contribution < -0.4 is 5.73 Å². The van der Waals surface area contributed by atoms with Crippen molar-refractivity contribution >= 4 is 0 Å². The summed E-state index contributed by atoms with van der Waals surface area (Å²) in [5.41, 5.74) is 6.72. The first-order valence-corrected chi connectivity index (χ1v) is 6.60. The van der Waals surface area contributed by atoms with Crippen LogP contribution in [0.2, 0.25) is 0 Å². The number of nitrogens with two attached hydrogens (primary N) is 1. The normalized spacial score (nSPS) is 42.7. The predicted molar refractivity (Wildman–Crippen MR) is 68.1 cm³/mol. The van der Waals surface area contributed by atoms with Crippen molar-refractivity contribution in [3.8, 4) is 0 Å². The first-order chi connectivity index (χ1) is 9.16.